The Balaban J connectivity index is 3.36. The minimum Gasteiger partial charge on any atom is -0.466 e. The number of rotatable bonds is 66. The van der Waals surface area contributed by atoms with Crippen molar-refractivity contribution in [3.05, 3.63) is 0 Å². The molecular weight excluding hydrogens is 923 g/mol. The lowest BCUT2D eigenvalue weighted by molar-refractivity contribution is -0.143. The van der Waals surface area contributed by atoms with Gasteiger partial charge in [-0.05, 0) is 25.7 Å². The first-order valence-electron chi connectivity index (χ1n) is 34.8. The molecule has 0 heterocycles. The van der Waals surface area contributed by atoms with Gasteiger partial charge in [0, 0.05) is 12.8 Å². The van der Waals surface area contributed by atoms with Crippen LogP contribution in [-0.2, 0) is 14.3 Å². The summed E-state index contributed by atoms with van der Waals surface area (Å²) in [4.78, 5) is 24.6. The van der Waals surface area contributed by atoms with E-state index >= 15 is 0 Å². The molecule has 0 fully saturated rings. The van der Waals surface area contributed by atoms with Gasteiger partial charge in [0.15, 0.2) is 0 Å². The summed E-state index contributed by atoms with van der Waals surface area (Å²) in [5, 5.41) is 23.4. The standard InChI is InChI=1S/C69H137NO5/c1-3-5-7-9-11-13-15-17-19-21-22-27-30-33-37-41-45-49-53-57-61-67(72)66(65-71)70-68(73)62-58-54-50-46-42-38-34-31-28-25-23-24-26-29-32-36-40-44-48-52-56-60-64-75-69(74)63-59-55-51-47-43-39-35-20-18-16-14-12-10-8-6-4-2/h66-67,71-72H,3-65H2,1-2H3,(H,70,73). The number of nitrogens with one attached hydrogen (secondary N) is 1. The molecule has 6 heteroatoms. The highest BCUT2D eigenvalue weighted by atomic mass is 16.5. The van der Waals surface area contributed by atoms with E-state index in [4.69, 9.17) is 4.74 Å². The van der Waals surface area contributed by atoms with Crippen LogP contribution in [0.3, 0.4) is 0 Å². The molecule has 0 aliphatic carbocycles. The highest BCUT2D eigenvalue weighted by Crippen LogP contribution is 2.19. The minimum absolute atomic E-state index is 0.0183. The first kappa shape index (κ1) is 73.9. The van der Waals surface area contributed by atoms with Crippen molar-refractivity contribution in [3.63, 3.8) is 0 Å². The van der Waals surface area contributed by atoms with Crippen LogP contribution in [0.2, 0.25) is 0 Å². The summed E-state index contributed by atoms with van der Waals surface area (Å²) in [5.41, 5.74) is 0. The molecule has 0 aliphatic rings. The van der Waals surface area contributed by atoms with Gasteiger partial charge in [0.2, 0.25) is 5.91 Å². The number of unbranched alkanes of at least 4 members (excludes halogenated alkanes) is 55. The van der Waals surface area contributed by atoms with E-state index in [0.29, 0.717) is 25.9 Å². The summed E-state index contributed by atoms with van der Waals surface area (Å²) in [6.07, 6.45) is 78.5. The zero-order chi connectivity index (χ0) is 54.3. The molecule has 0 aromatic carbocycles. The van der Waals surface area contributed by atoms with E-state index in [-0.39, 0.29) is 18.5 Å². The van der Waals surface area contributed by atoms with Gasteiger partial charge in [0.1, 0.15) is 0 Å². The lowest BCUT2D eigenvalue weighted by atomic mass is 10.0. The summed E-state index contributed by atoms with van der Waals surface area (Å²) in [6, 6.07) is -0.541. The first-order valence-corrected chi connectivity index (χ1v) is 34.8. The fourth-order valence-electron chi connectivity index (χ4n) is 11.4. The van der Waals surface area contributed by atoms with E-state index in [2.05, 4.69) is 19.2 Å². The van der Waals surface area contributed by atoms with E-state index < -0.39 is 12.1 Å². The Labute approximate surface area is 470 Å². The molecule has 0 rings (SSSR count). The fraction of sp³-hybridized carbons (Fsp3) is 0.971. The molecule has 3 N–H and O–H groups in total. The second-order valence-electron chi connectivity index (χ2n) is 24.2. The van der Waals surface area contributed by atoms with Crippen molar-refractivity contribution < 1.29 is 24.5 Å². The van der Waals surface area contributed by atoms with Crippen LogP contribution < -0.4 is 5.32 Å². The van der Waals surface area contributed by atoms with E-state index in [1.807, 2.05) is 0 Å². The van der Waals surface area contributed by atoms with Crippen molar-refractivity contribution in [3.8, 4) is 0 Å². The third-order valence-corrected chi connectivity index (χ3v) is 16.7. The quantitative estimate of drug-likeness (QED) is 0.0417. The zero-order valence-corrected chi connectivity index (χ0v) is 51.3. The molecule has 448 valence electrons. The number of carbonyl (C=O) groups excluding carboxylic acids is 2. The highest BCUT2D eigenvalue weighted by Gasteiger charge is 2.20. The van der Waals surface area contributed by atoms with E-state index in [1.54, 1.807) is 0 Å². The second-order valence-corrected chi connectivity index (χ2v) is 24.2. The SMILES string of the molecule is CCCCCCCCCCCCCCCCCCCCCCC(O)C(CO)NC(=O)CCCCCCCCCCCCCCCCCCCCCCCCOC(=O)CCCCCCCCCCCCCCCCCC. The van der Waals surface area contributed by atoms with Gasteiger partial charge in [-0.1, -0.05) is 367 Å². The normalized spacial score (nSPS) is 12.4. The molecule has 0 spiro atoms. The van der Waals surface area contributed by atoms with Crippen LogP contribution in [0.4, 0.5) is 0 Å². The van der Waals surface area contributed by atoms with Gasteiger partial charge in [-0.2, -0.15) is 0 Å². The Kier molecular flexibility index (Phi) is 64.4. The number of amides is 1. The maximum Gasteiger partial charge on any atom is 0.305 e. The third kappa shape index (κ3) is 61.9. The van der Waals surface area contributed by atoms with E-state index in [0.717, 1.165) is 38.5 Å². The van der Waals surface area contributed by atoms with E-state index in [1.165, 1.54) is 334 Å². The number of ether oxygens (including phenoxy) is 1. The van der Waals surface area contributed by atoms with Crippen LogP contribution in [0.5, 0.6) is 0 Å². The smallest absolute Gasteiger partial charge is 0.305 e. The summed E-state index contributed by atoms with van der Waals surface area (Å²) in [7, 11) is 0. The summed E-state index contributed by atoms with van der Waals surface area (Å²) >= 11 is 0. The predicted octanol–water partition coefficient (Wildman–Crippen LogP) is 22.2. The zero-order valence-electron chi connectivity index (χ0n) is 51.3. The van der Waals surface area contributed by atoms with Crippen molar-refractivity contribution in [1.82, 2.24) is 5.32 Å². The predicted molar refractivity (Wildman–Crippen MR) is 329 cm³/mol. The molecular formula is C69H137NO5. The van der Waals surface area contributed by atoms with Crippen LogP contribution in [-0.4, -0.2) is 47.4 Å². The molecule has 2 atom stereocenters. The highest BCUT2D eigenvalue weighted by molar-refractivity contribution is 5.76. The molecule has 75 heavy (non-hydrogen) atoms. The molecule has 1 amide bonds. The monoisotopic (exact) mass is 1060 g/mol. The lowest BCUT2D eigenvalue weighted by Gasteiger charge is -2.22. The van der Waals surface area contributed by atoms with Gasteiger partial charge < -0.3 is 20.3 Å². The van der Waals surface area contributed by atoms with Gasteiger partial charge in [-0.15, -0.1) is 0 Å². The molecule has 6 nitrogen and oxygen atoms in total. The molecule has 0 aliphatic heterocycles. The second kappa shape index (κ2) is 65.4. The number of aliphatic hydroxyl groups is 2. The largest absolute Gasteiger partial charge is 0.466 e. The Morgan fingerprint density at radius 1 is 0.320 bits per heavy atom. The average molecular weight is 1060 g/mol. The Morgan fingerprint density at radius 2 is 0.547 bits per heavy atom. The van der Waals surface area contributed by atoms with Gasteiger partial charge in [0.25, 0.3) is 0 Å². The Bertz CT molecular complexity index is 1080. The summed E-state index contributed by atoms with van der Waals surface area (Å²) in [5.74, 6) is -0.0117. The van der Waals surface area contributed by atoms with Gasteiger partial charge in [-0.25, -0.2) is 0 Å². The van der Waals surface area contributed by atoms with Crippen molar-refractivity contribution in [2.24, 2.45) is 0 Å². The maximum atomic E-state index is 12.5. The number of hydrogen-bond donors (Lipinski definition) is 3. The summed E-state index contributed by atoms with van der Waals surface area (Å²) < 4.78 is 5.50. The average Bonchev–Trinajstić information content (AvgIpc) is 3.41. The number of carbonyl (C=O) groups is 2. The first-order chi connectivity index (χ1) is 37.0. The Hall–Kier alpha value is -1.14. The summed E-state index contributed by atoms with van der Waals surface area (Å²) in [6.45, 7) is 5.00. The van der Waals surface area contributed by atoms with Crippen LogP contribution in [0.1, 0.15) is 406 Å². The molecule has 0 aromatic heterocycles. The molecule has 0 saturated carbocycles. The molecule has 2 unspecified atom stereocenters. The third-order valence-electron chi connectivity index (χ3n) is 16.7. The van der Waals surface area contributed by atoms with Gasteiger partial charge in [-0.3, -0.25) is 9.59 Å². The molecule has 0 radical (unpaired) electrons. The molecule has 0 bridgehead atoms. The van der Waals surface area contributed by atoms with Crippen LogP contribution in [0, 0.1) is 0 Å². The lowest BCUT2D eigenvalue weighted by Crippen LogP contribution is -2.45. The van der Waals surface area contributed by atoms with Crippen LogP contribution >= 0.6 is 0 Å². The maximum absolute atomic E-state index is 12.5. The van der Waals surface area contributed by atoms with Crippen molar-refractivity contribution in [2.45, 2.75) is 418 Å². The topological polar surface area (TPSA) is 95.9 Å². The van der Waals surface area contributed by atoms with Crippen molar-refractivity contribution >= 4 is 11.9 Å². The number of aliphatic hydroxyl groups excluding tert-OH is 2. The van der Waals surface area contributed by atoms with Gasteiger partial charge >= 0.3 is 5.97 Å². The van der Waals surface area contributed by atoms with Gasteiger partial charge in [0.05, 0.1) is 25.4 Å². The number of esters is 1. The fourth-order valence-corrected chi connectivity index (χ4v) is 11.4. The van der Waals surface area contributed by atoms with Crippen LogP contribution in [0.25, 0.3) is 0 Å². The molecule has 0 saturated heterocycles. The van der Waals surface area contributed by atoms with E-state index in [9.17, 15) is 19.8 Å². The Morgan fingerprint density at radius 3 is 0.813 bits per heavy atom. The minimum atomic E-state index is -0.664. The van der Waals surface area contributed by atoms with Crippen LogP contribution in [0.15, 0.2) is 0 Å². The number of hydrogen-bond acceptors (Lipinski definition) is 5. The van der Waals surface area contributed by atoms with Crippen molar-refractivity contribution in [2.75, 3.05) is 13.2 Å². The van der Waals surface area contributed by atoms with Crippen molar-refractivity contribution in [1.29, 1.82) is 0 Å². The molecule has 0 aromatic rings.